The molecule has 0 spiro atoms. The van der Waals surface area contributed by atoms with Gasteiger partial charge in [-0.15, -0.1) is 0 Å². The van der Waals surface area contributed by atoms with Gasteiger partial charge in [-0.1, -0.05) is 19.9 Å². The van der Waals surface area contributed by atoms with Gasteiger partial charge in [0.15, 0.2) is 0 Å². The van der Waals surface area contributed by atoms with Crippen LogP contribution in [0.25, 0.3) is 0 Å². The molecule has 1 unspecified atom stereocenters. The van der Waals surface area contributed by atoms with E-state index in [1.165, 1.54) is 0 Å². The van der Waals surface area contributed by atoms with Gasteiger partial charge < -0.3 is 0 Å². The molecule has 0 aliphatic carbocycles. The fourth-order valence-corrected chi connectivity index (χ4v) is 1.29. The Morgan fingerprint density at radius 3 is 2.57 bits per heavy atom. The van der Waals surface area contributed by atoms with E-state index in [9.17, 15) is 0 Å². The number of aromatic nitrogens is 1. The Hall–Kier alpha value is -1.36. The van der Waals surface area contributed by atoms with Gasteiger partial charge >= 0.3 is 0 Å². The molecule has 74 valence electrons. The molecule has 1 heterocycles. The molecule has 0 N–H and O–H groups in total. The molecule has 0 radical (unpaired) electrons. The summed E-state index contributed by atoms with van der Waals surface area (Å²) in [6.45, 7) is 8.02. The molecule has 0 aromatic carbocycles. The smallest absolute Gasteiger partial charge is 0.0662 e. The van der Waals surface area contributed by atoms with Crippen molar-refractivity contribution >= 4 is 0 Å². The minimum atomic E-state index is -0.180. The molecule has 2 heteroatoms. The SMILES string of the molecule is Cc1cccc(C(C)(C)C(C)C#N)n1. The molecule has 0 saturated heterocycles. The van der Waals surface area contributed by atoms with Crippen LogP contribution in [0.4, 0.5) is 0 Å². The highest BCUT2D eigenvalue weighted by Gasteiger charge is 2.29. The number of rotatable bonds is 2. The van der Waals surface area contributed by atoms with Gasteiger partial charge in [0.05, 0.1) is 12.0 Å². The molecule has 0 bridgehead atoms. The van der Waals surface area contributed by atoms with Gasteiger partial charge in [0, 0.05) is 16.8 Å². The van der Waals surface area contributed by atoms with Crippen molar-refractivity contribution in [1.82, 2.24) is 4.98 Å². The molecular weight excluding hydrogens is 172 g/mol. The summed E-state index contributed by atoms with van der Waals surface area (Å²) in [5.74, 6) is -0.0307. The van der Waals surface area contributed by atoms with E-state index < -0.39 is 0 Å². The highest BCUT2D eigenvalue weighted by atomic mass is 14.7. The molecule has 1 rings (SSSR count). The van der Waals surface area contributed by atoms with E-state index in [-0.39, 0.29) is 11.3 Å². The van der Waals surface area contributed by atoms with Crippen LogP contribution in [0.15, 0.2) is 18.2 Å². The number of nitrogens with zero attached hydrogens (tertiary/aromatic N) is 2. The van der Waals surface area contributed by atoms with Crippen LogP contribution in [-0.4, -0.2) is 4.98 Å². The standard InChI is InChI=1S/C12H16N2/c1-9(8-13)12(3,4)11-7-5-6-10(2)14-11/h5-7,9H,1-4H3. The average Bonchev–Trinajstić information content (AvgIpc) is 2.16. The Labute approximate surface area is 85.6 Å². The Balaban J connectivity index is 3.10. The Morgan fingerprint density at radius 1 is 1.43 bits per heavy atom. The largest absolute Gasteiger partial charge is 0.258 e. The minimum absolute atomic E-state index is 0.0307. The first-order chi connectivity index (χ1) is 6.48. The zero-order chi connectivity index (χ0) is 10.8. The van der Waals surface area contributed by atoms with E-state index in [0.717, 1.165) is 11.4 Å². The quantitative estimate of drug-likeness (QED) is 0.715. The lowest BCUT2D eigenvalue weighted by Gasteiger charge is -2.26. The van der Waals surface area contributed by atoms with Crippen LogP contribution in [0, 0.1) is 24.2 Å². The molecule has 1 aromatic rings. The van der Waals surface area contributed by atoms with Gasteiger partial charge in [-0.25, -0.2) is 0 Å². The zero-order valence-corrected chi connectivity index (χ0v) is 9.20. The number of nitriles is 1. The lowest BCUT2D eigenvalue weighted by atomic mass is 9.77. The highest BCUT2D eigenvalue weighted by molar-refractivity contribution is 5.20. The summed E-state index contributed by atoms with van der Waals surface area (Å²) >= 11 is 0. The van der Waals surface area contributed by atoms with Crippen molar-refractivity contribution in [2.24, 2.45) is 5.92 Å². The number of hydrogen-bond donors (Lipinski definition) is 0. The summed E-state index contributed by atoms with van der Waals surface area (Å²) in [5, 5.41) is 8.92. The van der Waals surface area contributed by atoms with Crippen molar-refractivity contribution in [3.05, 3.63) is 29.6 Å². The number of hydrogen-bond acceptors (Lipinski definition) is 2. The molecular formula is C12H16N2. The molecule has 2 nitrogen and oxygen atoms in total. The second-order valence-electron chi connectivity index (χ2n) is 4.24. The van der Waals surface area contributed by atoms with Crippen LogP contribution in [0.1, 0.15) is 32.2 Å². The van der Waals surface area contributed by atoms with Crippen molar-refractivity contribution in [2.75, 3.05) is 0 Å². The van der Waals surface area contributed by atoms with Crippen molar-refractivity contribution in [3.8, 4) is 6.07 Å². The third-order valence-electron chi connectivity index (χ3n) is 2.82. The normalized spacial score (nSPS) is 13.4. The van der Waals surface area contributed by atoms with Crippen LogP contribution < -0.4 is 0 Å². The highest BCUT2D eigenvalue weighted by Crippen LogP contribution is 2.29. The van der Waals surface area contributed by atoms with Crippen LogP contribution in [0.5, 0.6) is 0 Å². The average molecular weight is 188 g/mol. The first kappa shape index (κ1) is 10.7. The predicted molar refractivity (Wildman–Crippen MR) is 56.8 cm³/mol. The van der Waals surface area contributed by atoms with Gasteiger partial charge in [0.2, 0.25) is 0 Å². The van der Waals surface area contributed by atoms with Crippen molar-refractivity contribution in [2.45, 2.75) is 33.1 Å². The third kappa shape index (κ3) is 1.93. The fourth-order valence-electron chi connectivity index (χ4n) is 1.29. The first-order valence-electron chi connectivity index (χ1n) is 4.82. The summed E-state index contributed by atoms with van der Waals surface area (Å²) in [6, 6.07) is 8.23. The second-order valence-corrected chi connectivity index (χ2v) is 4.24. The number of aryl methyl sites for hydroxylation is 1. The van der Waals surface area contributed by atoms with E-state index >= 15 is 0 Å². The van der Waals surface area contributed by atoms with Gasteiger partial charge in [-0.3, -0.25) is 4.98 Å². The second kappa shape index (κ2) is 3.79. The molecule has 0 amide bonds. The maximum atomic E-state index is 8.92. The predicted octanol–water partition coefficient (Wildman–Crippen LogP) is 2.83. The molecule has 14 heavy (non-hydrogen) atoms. The van der Waals surface area contributed by atoms with Crippen LogP contribution in [0.2, 0.25) is 0 Å². The van der Waals surface area contributed by atoms with E-state index in [0.29, 0.717) is 0 Å². The molecule has 1 aromatic heterocycles. The number of pyridine rings is 1. The van der Waals surface area contributed by atoms with E-state index in [1.807, 2.05) is 32.0 Å². The van der Waals surface area contributed by atoms with Gasteiger partial charge in [-0.05, 0) is 26.0 Å². The van der Waals surface area contributed by atoms with Crippen LogP contribution >= 0.6 is 0 Å². The van der Waals surface area contributed by atoms with Gasteiger partial charge in [0.1, 0.15) is 0 Å². The van der Waals surface area contributed by atoms with Gasteiger partial charge in [-0.2, -0.15) is 5.26 Å². The Kier molecular flexibility index (Phi) is 2.90. The Morgan fingerprint density at radius 2 is 2.07 bits per heavy atom. The van der Waals surface area contributed by atoms with E-state index in [1.54, 1.807) is 0 Å². The van der Waals surface area contributed by atoms with Gasteiger partial charge in [0.25, 0.3) is 0 Å². The maximum absolute atomic E-state index is 8.92. The fraction of sp³-hybridized carbons (Fsp3) is 0.500. The molecule has 0 aliphatic heterocycles. The Bertz CT molecular complexity index is 361. The first-order valence-corrected chi connectivity index (χ1v) is 4.82. The summed E-state index contributed by atoms with van der Waals surface area (Å²) in [4.78, 5) is 4.46. The van der Waals surface area contributed by atoms with Crippen LogP contribution in [0.3, 0.4) is 0 Å². The zero-order valence-electron chi connectivity index (χ0n) is 9.20. The van der Waals surface area contributed by atoms with E-state index in [2.05, 4.69) is 24.9 Å². The maximum Gasteiger partial charge on any atom is 0.0662 e. The third-order valence-corrected chi connectivity index (χ3v) is 2.82. The lowest BCUT2D eigenvalue weighted by Crippen LogP contribution is -2.26. The molecule has 0 fully saturated rings. The van der Waals surface area contributed by atoms with Crippen molar-refractivity contribution in [1.29, 1.82) is 5.26 Å². The molecule has 0 aliphatic rings. The topological polar surface area (TPSA) is 36.7 Å². The minimum Gasteiger partial charge on any atom is -0.258 e. The monoisotopic (exact) mass is 188 g/mol. The van der Waals surface area contributed by atoms with E-state index in [4.69, 9.17) is 5.26 Å². The summed E-state index contributed by atoms with van der Waals surface area (Å²) in [5.41, 5.74) is 1.81. The summed E-state index contributed by atoms with van der Waals surface area (Å²) in [7, 11) is 0. The lowest BCUT2D eigenvalue weighted by molar-refractivity contribution is 0.405. The summed E-state index contributed by atoms with van der Waals surface area (Å²) in [6.07, 6.45) is 0. The van der Waals surface area contributed by atoms with Crippen molar-refractivity contribution < 1.29 is 0 Å². The molecule has 0 saturated carbocycles. The summed E-state index contributed by atoms with van der Waals surface area (Å²) < 4.78 is 0. The van der Waals surface area contributed by atoms with Crippen LogP contribution in [-0.2, 0) is 5.41 Å². The molecule has 1 atom stereocenters. The van der Waals surface area contributed by atoms with Crippen molar-refractivity contribution in [3.63, 3.8) is 0 Å².